The quantitative estimate of drug-likeness (QED) is 0.794. The predicted molar refractivity (Wildman–Crippen MR) is 112 cm³/mol. The molecule has 0 radical (unpaired) electrons. The fourth-order valence-corrected chi connectivity index (χ4v) is 4.24. The molecule has 3 N–H and O–H groups in total. The fourth-order valence-electron chi connectivity index (χ4n) is 4.24. The summed E-state index contributed by atoms with van der Waals surface area (Å²) in [6.45, 7) is 3.60. The zero-order chi connectivity index (χ0) is 16.8. The minimum absolute atomic E-state index is 0. The Morgan fingerprint density at radius 2 is 1.81 bits per heavy atom. The highest BCUT2D eigenvalue weighted by Gasteiger charge is 2.30. The molecular formula is C20H33Cl2N3O. The standard InChI is InChI=1S/C20H31N3O.2ClH/c21-13-17-9-4-5-11-19(17)22-20(24)18-10-6-12-23(15-18)14-16-7-2-1-3-8-16;;/h1-3,7-8,17-19H,4-6,9-15,21H2,(H,22,24);2*1H. The Morgan fingerprint density at radius 1 is 1.08 bits per heavy atom. The molecule has 1 aromatic carbocycles. The smallest absolute Gasteiger partial charge is 0.224 e. The van der Waals surface area contributed by atoms with Crippen LogP contribution < -0.4 is 11.1 Å². The second-order valence-electron chi connectivity index (χ2n) is 7.46. The van der Waals surface area contributed by atoms with Gasteiger partial charge in [0.1, 0.15) is 0 Å². The molecule has 1 saturated heterocycles. The van der Waals surface area contributed by atoms with Crippen LogP contribution in [0.3, 0.4) is 0 Å². The maximum atomic E-state index is 12.7. The van der Waals surface area contributed by atoms with E-state index in [1.807, 2.05) is 6.07 Å². The molecule has 148 valence electrons. The van der Waals surface area contributed by atoms with Gasteiger partial charge in [-0.1, -0.05) is 43.2 Å². The van der Waals surface area contributed by atoms with Gasteiger partial charge in [0.05, 0.1) is 5.92 Å². The van der Waals surface area contributed by atoms with E-state index in [1.165, 1.54) is 18.4 Å². The Labute approximate surface area is 170 Å². The van der Waals surface area contributed by atoms with Gasteiger partial charge in [0.15, 0.2) is 0 Å². The number of nitrogens with one attached hydrogen (secondary N) is 1. The number of carbonyl (C=O) groups excluding carboxylic acids is 1. The van der Waals surface area contributed by atoms with E-state index in [2.05, 4.69) is 34.5 Å². The molecule has 3 atom stereocenters. The Hall–Kier alpha value is -0.810. The number of hydrogen-bond acceptors (Lipinski definition) is 3. The molecule has 0 spiro atoms. The van der Waals surface area contributed by atoms with Crippen molar-refractivity contribution >= 4 is 30.7 Å². The average Bonchev–Trinajstić information content (AvgIpc) is 2.63. The number of hydrogen-bond donors (Lipinski definition) is 2. The molecule has 0 bridgehead atoms. The van der Waals surface area contributed by atoms with E-state index in [9.17, 15) is 4.79 Å². The lowest BCUT2D eigenvalue weighted by Gasteiger charge is -2.35. The summed E-state index contributed by atoms with van der Waals surface area (Å²) >= 11 is 0. The first-order valence-corrected chi connectivity index (χ1v) is 9.53. The van der Waals surface area contributed by atoms with Crippen LogP contribution in [0, 0.1) is 11.8 Å². The van der Waals surface area contributed by atoms with Crippen molar-refractivity contribution in [2.75, 3.05) is 19.6 Å². The number of amides is 1. The lowest BCUT2D eigenvalue weighted by molar-refractivity contribution is -0.128. The van der Waals surface area contributed by atoms with E-state index in [1.54, 1.807) is 0 Å². The van der Waals surface area contributed by atoms with Gasteiger partial charge in [-0.05, 0) is 50.3 Å². The van der Waals surface area contributed by atoms with E-state index >= 15 is 0 Å². The Kier molecular flexibility index (Phi) is 10.6. The first-order valence-electron chi connectivity index (χ1n) is 9.53. The maximum Gasteiger partial charge on any atom is 0.224 e. The molecule has 1 aromatic rings. The number of carbonyl (C=O) groups is 1. The van der Waals surface area contributed by atoms with Crippen LogP contribution in [0.2, 0.25) is 0 Å². The molecule has 1 amide bonds. The molecule has 26 heavy (non-hydrogen) atoms. The van der Waals surface area contributed by atoms with Gasteiger partial charge in [-0.2, -0.15) is 0 Å². The minimum Gasteiger partial charge on any atom is -0.353 e. The van der Waals surface area contributed by atoms with Crippen LogP contribution in [0.15, 0.2) is 30.3 Å². The van der Waals surface area contributed by atoms with Gasteiger partial charge >= 0.3 is 0 Å². The molecule has 3 unspecified atom stereocenters. The second-order valence-corrected chi connectivity index (χ2v) is 7.46. The summed E-state index contributed by atoms with van der Waals surface area (Å²) in [5.74, 6) is 0.840. The van der Waals surface area contributed by atoms with Gasteiger partial charge in [-0.15, -0.1) is 24.8 Å². The molecule has 3 rings (SSSR count). The molecule has 2 fully saturated rings. The van der Waals surface area contributed by atoms with E-state index in [0.717, 1.165) is 45.3 Å². The van der Waals surface area contributed by atoms with Crippen molar-refractivity contribution in [3.8, 4) is 0 Å². The highest BCUT2D eigenvalue weighted by atomic mass is 35.5. The first kappa shape index (κ1) is 23.2. The van der Waals surface area contributed by atoms with Crippen molar-refractivity contribution in [3.63, 3.8) is 0 Å². The maximum absolute atomic E-state index is 12.7. The summed E-state index contributed by atoms with van der Waals surface area (Å²) in [6.07, 6.45) is 6.84. The van der Waals surface area contributed by atoms with Crippen LogP contribution in [0.25, 0.3) is 0 Å². The zero-order valence-corrected chi connectivity index (χ0v) is 17.1. The van der Waals surface area contributed by atoms with Crippen LogP contribution in [-0.2, 0) is 11.3 Å². The first-order chi connectivity index (χ1) is 11.8. The molecule has 1 heterocycles. The molecular weight excluding hydrogens is 369 g/mol. The summed E-state index contributed by atoms with van der Waals surface area (Å²) in [5.41, 5.74) is 7.22. The van der Waals surface area contributed by atoms with Crippen LogP contribution in [0.1, 0.15) is 44.1 Å². The molecule has 1 aliphatic heterocycles. The minimum atomic E-state index is 0. The predicted octanol–water partition coefficient (Wildman–Crippen LogP) is 3.38. The van der Waals surface area contributed by atoms with Crippen molar-refractivity contribution < 1.29 is 4.79 Å². The highest BCUT2D eigenvalue weighted by Crippen LogP contribution is 2.25. The third-order valence-corrected chi connectivity index (χ3v) is 5.66. The third kappa shape index (κ3) is 6.41. The number of halogens is 2. The van der Waals surface area contributed by atoms with Gasteiger partial charge < -0.3 is 11.1 Å². The summed E-state index contributed by atoms with van der Waals surface area (Å²) in [7, 11) is 0. The number of nitrogens with zero attached hydrogens (tertiary/aromatic N) is 1. The third-order valence-electron chi connectivity index (χ3n) is 5.66. The number of likely N-dealkylation sites (tertiary alicyclic amines) is 1. The van der Waals surface area contributed by atoms with Crippen LogP contribution in [-0.4, -0.2) is 36.5 Å². The highest BCUT2D eigenvalue weighted by molar-refractivity contribution is 5.85. The Bertz CT molecular complexity index is 529. The van der Waals surface area contributed by atoms with Gasteiger partial charge in [0.2, 0.25) is 5.91 Å². The van der Waals surface area contributed by atoms with E-state index in [-0.39, 0.29) is 36.6 Å². The average molecular weight is 402 g/mol. The number of nitrogens with two attached hydrogens (primary N) is 1. The summed E-state index contributed by atoms with van der Waals surface area (Å²) in [4.78, 5) is 15.2. The van der Waals surface area contributed by atoms with Crippen molar-refractivity contribution in [2.45, 2.75) is 51.1 Å². The molecule has 4 nitrogen and oxygen atoms in total. The number of benzene rings is 1. The van der Waals surface area contributed by atoms with E-state index < -0.39 is 0 Å². The van der Waals surface area contributed by atoms with Gasteiger partial charge in [-0.25, -0.2) is 0 Å². The van der Waals surface area contributed by atoms with Crippen molar-refractivity contribution in [3.05, 3.63) is 35.9 Å². The Morgan fingerprint density at radius 3 is 2.54 bits per heavy atom. The number of rotatable bonds is 5. The van der Waals surface area contributed by atoms with E-state index in [4.69, 9.17) is 5.73 Å². The lowest BCUT2D eigenvalue weighted by Crippen LogP contribution is -2.49. The molecule has 1 aliphatic carbocycles. The van der Waals surface area contributed by atoms with Gasteiger partial charge in [-0.3, -0.25) is 9.69 Å². The van der Waals surface area contributed by atoms with Crippen LogP contribution in [0.4, 0.5) is 0 Å². The van der Waals surface area contributed by atoms with Crippen LogP contribution >= 0.6 is 24.8 Å². The molecule has 0 aromatic heterocycles. The largest absolute Gasteiger partial charge is 0.353 e. The van der Waals surface area contributed by atoms with Gasteiger partial charge in [0.25, 0.3) is 0 Å². The zero-order valence-electron chi connectivity index (χ0n) is 15.4. The molecule has 6 heteroatoms. The van der Waals surface area contributed by atoms with Crippen LogP contribution in [0.5, 0.6) is 0 Å². The van der Waals surface area contributed by atoms with Crippen molar-refractivity contribution in [1.29, 1.82) is 0 Å². The topological polar surface area (TPSA) is 58.4 Å². The normalized spacial score (nSPS) is 26.3. The molecule has 2 aliphatic rings. The van der Waals surface area contributed by atoms with Crippen molar-refractivity contribution in [2.24, 2.45) is 17.6 Å². The SMILES string of the molecule is Cl.Cl.NCC1CCCCC1NC(=O)C1CCCN(Cc2ccccc2)C1. The second kappa shape index (κ2) is 11.8. The fraction of sp³-hybridized carbons (Fsp3) is 0.650. The summed E-state index contributed by atoms with van der Waals surface area (Å²) in [6, 6.07) is 10.8. The van der Waals surface area contributed by atoms with Crippen molar-refractivity contribution in [1.82, 2.24) is 10.2 Å². The summed E-state index contributed by atoms with van der Waals surface area (Å²) < 4.78 is 0. The Balaban J connectivity index is 0.00000169. The monoisotopic (exact) mass is 401 g/mol. The van der Waals surface area contributed by atoms with E-state index in [0.29, 0.717) is 18.5 Å². The number of piperidine rings is 1. The summed E-state index contributed by atoms with van der Waals surface area (Å²) in [5, 5.41) is 3.33. The molecule has 1 saturated carbocycles. The van der Waals surface area contributed by atoms with Gasteiger partial charge in [0, 0.05) is 19.1 Å². The lowest BCUT2D eigenvalue weighted by atomic mass is 9.84.